The van der Waals surface area contributed by atoms with Crippen LogP contribution in [0.1, 0.15) is 11.3 Å². The second kappa shape index (κ2) is 4.05. The Kier molecular flexibility index (Phi) is 2.71. The van der Waals surface area contributed by atoms with Crippen molar-refractivity contribution >= 4 is 5.70 Å². The predicted octanol–water partition coefficient (Wildman–Crippen LogP) is 2.46. The van der Waals surface area contributed by atoms with Gasteiger partial charge in [-0.15, -0.1) is 0 Å². The highest BCUT2D eigenvalue weighted by Gasteiger charge is 2.12. The van der Waals surface area contributed by atoms with Gasteiger partial charge >= 0.3 is 0 Å². The van der Waals surface area contributed by atoms with Crippen molar-refractivity contribution in [2.75, 3.05) is 0 Å². The lowest BCUT2D eigenvalue weighted by Gasteiger charge is -2.03. The predicted molar refractivity (Wildman–Crippen MR) is 66.6 cm³/mol. The third kappa shape index (κ3) is 2.06. The summed E-state index contributed by atoms with van der Waals surface area (Å²) in [6.45, 7) is 5.40. The van der Waals surface area contributed by atoms with E-state index < -0.39 is 0 Å². The minimum atomic E-state index is -0.236. The maximum Gasteiger partial charge on any atom is 0.126 e. The van der Waals surface area contributed by atoms with Gasteiger partial charge in [0.25, 0.3) is 0 Å². The van der Waals surface area contributed by atoms with E-state index in [2.05, 4.69) is 11.7 Å². The molecule has 0 atom stereocenters. The van der Waals surface area contributed by atoms with E-state index in [-0.39, 0.29) is 5.82 Å². The number of hydrogen-bond donors (Lipinski definition) is 1. The molecule has 3 nitrogen and oxygen atoms in total. The minimum absolute atomic E-state index is 0.236. The number of nitrogens with zero attached hydrogens (tertiary/aromatic N) is 2. The second-order valence-corrected chi connectivity index (χ2v) is 4.05. The highest BCUT2D eigenvalue weighted by atomic mass is 19.1. The van der Waals surface area contributed by atoms with E-state index in [0.717, 1.165) is 11.1 Å². The van der Waals surface area contributed by atoms with Crippen LogP contribution < -0.4 is 5.73 Å². The summed E-state index contributed by atoms with van der Waals surface area (Å²) >= 11 is 0. The Morgan fingerprint density at radius 1 is 1.47 bits per heavy atom. The van der Waals surface area contributed by atoms with Gasteiger partial charge in [0.2, 0.25) is 0 Å². The van der Waals surface area contributed by atoms with E-state index in [0.29, 0.717) is 17.0 Å². The van der Waals surface area contributed by atoms with Gasteiger partial charge in [-0.3, -0.25) is 4.68 Å². The zero-order valence-electron chi connectivity index (χ0n) is 9.87. The molecule has 2 N–H and O–H groups in total. The summed E-state index contributed by atoms with van der Waals surface area (Å²) in [5, 5.41) is 4.21. The van der Waals surface area contributed by atoms with Crippen molar-refractivity contribution in [1.29, 1.82) is 0 Å². The van der Waals surface area contributed by atoms with Crippen molar-refractivity contribution in [2.24, 2.45) is 12.8 Å². The molecule has 0 aliphatic carbocycles. The Hall–Kier alpha value is -2.10. The lowest BCUT2D eigenvalue weighted by molar-refractivity contribution is 0.619. The molecule has 2 aromatic rings. The van der Waals surface area contributed by atoms with Crippen LogP contribution in [-0.4, -0.2) is 9.78 Å². The van der Waals surface area contributed by atoms with Crippen LogP contribution in [-0.2, 0) is 7.05 Å². The van der Waals surface area contributed by atoms with Crippen molar-refractivity contribution in [3.63, 3.8) is 0 Å². The van der Waals surface area contributed by atoms with Crippen LogP contribution in [0.3, 0.4) is 0 Å². The number of rotatable bonds is 2. The van der Waals surface area contributed by atoms with Crippen molar-refractivity contribution in [2.45, 2.75) is 6.92 Å². The van der Waals surface area contributed by atoms with E-state index in [9.17, 15) is 4.39 Å². The molecule has 2 rings (SSSR count). The first-order valence-electron chi connectivity index (χ1n) is 5.24. The van der Waals surface area contributed by atoms with Gasteiger partial charge in [-0.1, -0.05) is 18.7 Å². The zero-order chi connectivity index (χ0) is 12.6. The fourth-order valence-corrected chi connectivity index (χ4v) is 1.70. The number of hydrogen-bond acceptors (Lipinski definition) is 2. The van der Waals surface area contributed by atoms with E-state index in [1.54, 1.807) is 30.9 Å². The van der Waals surface area contributed by atoms with E-state index in [1.807, 2.05) is 6.07 Å². The standard InChI is InChI=1S/C13H14FN3/c1-8-4-5-10(6-12(8)14)11-7-17(3)16-13(11)9(2)15/h4-7H,2,15H2,1,3H3. The summed E-state index contributed by atoms with van der Waals surface area (Å²) in [5.41, 5.74) is 8.80. The molecule has 0 amide bonds. The number of aromatic nitrogens is 2. The molecule has 1 heterocycles. The molecular formula is C13H14FN3. The summed E-state index contributed by atoms with van der Waals surface area (Å²) in [6, 6.07) is 5.07. The molecule has 0 saturated heterocycles. The maximum atomic E-state index is 13.5. The molecule has 0 bridgehead atoms. The first-order valence-corrected chi connectivity index (χ1v) is 5.24. The van der Waals surface area contributed by atoms with Gasteiger partial charge < -0.3 is 5.73 Å². The Morgan fingerprint density at radius 2 is 2.18 bits per heavy atom. The fraction of sp³-hybridized carbons (Fsp3) is 0.154. The molecule has 0 spiro atoms. The van der Waals surface area contributed by atoms with Crippen LogP contribution in [0.25, 0.3) is 16.8 Å². The van der Waals surface area contributed by atoms with Gasteiger partial charge in [0, 0.05) is 18.8 Å². The largest absolute Gasteiger partial charge is 0.397 e. The van der Waals surface area contributed by atoms with Crippen molar-refractivity contribution in [1.82, 2.24) is 9.78 Å². The molecule has 0 aliphatic rings. The lowest BCUT2D eigenvalue weighted by Crippen LogP contribution is -1.98. The van der Waals surface area contributed by atoms with Crippen molar-refractivity contribution < 1.29 is 4.39 Å². The summed E-state index contributed by atoms with van der Waals surface area (Å²) in [6.07, 6.45) is 1.80. The Morgan fingerprint density at radius 3 is 2.76 bits per heavy atom. The molecule has 0 aliphatic heterocycles. The normalized spacial score (nSPS) is 10.5. The molecule has 0 radical (unpaired) electrons. The third-order valence-electron chi connectivity index (χ3n) is 2.62. The number of halogens is 1. The molecular weight excluding hydrogens is 217 g/mol. The monoisotopic (exact) mass is 231 g/mol. The van der Waals surface area contributed by atoms with Gasteiger partial charge in [0.1, 0.15) is 11.5 Å². The zero-order valence-corrected chi connectivity index (χ0v) is 9.87. The number of benzene rings is 1. The summed E-state index contributed by atoms with van der Waals surface area (Å²) < 4.78 is 15.2. The smallest absolute Gasteiger partial charge is 0.126 e. The molecule has 0 unspecified atom stereocenters. The van der Waals surface area contributed by atoms with Crippen LogP contribution in [0, 0.1) is 12.7 Å². The minimum Gasteiger partial charge on any atom is -0.397 e. The summed E-state index contributed by atoms with van der Waals surface area (Å²) in [4.78, 5) is 0. The van der Waals surface area contributed by atoms with Gasteiger partial charge in [-0.2, -0.15) is 5.10 Å². The van der Waals surface area contributed by atoms with Crippen LogP contribution in [0.5, 0.6) is 0 Å². The van der Waals surface area contributed by atoms with Crippen LogP contribution >= 0.6 is 0 Å². The van der Waals surface area contributed by atoms with Crippen molar-refractivity contribution in [3.8, 4) is 11.1 Å². The molecule has 1 aromatic carbocycles. The Balaban J connectivity index is 2.59. The Labute approximate surface area is 99.4 Å². The van der Waals surface area contributed by atoms with Crippen LogP contribution in [0.15, 0.2) is 31.0 Å². The van der Waals surface area contributed by atoms with E-state index in [1.165, 1.54) is 6.07 Å². The Bertz CT molecular complexity index is 584. The molecule has 1 aromatic heterocycles. The molecule has 4 heteroatoms. The number of aryl methyl sites for hydroxylation is 2. The summed E-state index contributed by atoms with van der Waals surface area (Å²) in [5.74, 6) is -0.236. The van der Waals surface area contributed by atoms with E-state index >= 15 is 0 Å². The molecule has 0 fully saturated rings. The van der Waals surface area contributed by atoms with Crippen LogP contribution in [0.4, 0.5) is 4.39 Å². The first-order chi connectivity index (χ1) is 7.99. The van der Waals surface area contributed by atoms with E-state index in [4.69, 9.17) is 5.73 Å². The summed E-state index contributed by atoms with van der Waals surface area (Å²) in [7, 11) is 1.79. The quantitative estimate of drug-likeness (QED) is 0.862. The second-order valence-electron chi connectivity index (χ2n) is 4.05. The third-order valence-corrected chi connectivity index (χ3v) is 2.62. The maximum absolute atomic E-state index is 13.5. The first kappa shape index (κ1) is 11.4. The van der Waals surface area contributed by atoms with Gasteiger partial charge in [0.15, 0.2) is 0 Å². The lowest BCUT2D eigenvalue weighted by atomic mass is 10.0. The molecule has 17 heavy (non-hydrogen) atoms. The number of nitrogens with two attached hydrogens (primary N) is 1. The topological polar surface area (TPSA) is 43.8 Å². The highest BCUT2D eigenvalue weighted by molar-refractivity contribution is 5.76. The van der Waals surface area contributed by atoms with Crippen LogP contribution in [0.2, 0.25) is 0 Å². The van der Waals surface area contributed by atoms with Crippen molar-refractivity contribution in [3.05, 3.63) is 48.0 Å². The molecule has 0 saturated carbocycles. The average Bonchev–Trinajstić information content (AvgIpc) is 2.64. The average molecular weight is 231 g/mol. The highest BCUT2D eigenvalue weighted by Crippen LogP contribution is 2.26. The fourth-order valence-electron chi connectivity index (χ4n) is 1.70. The van der Waals surface area contributed by atoms with Gasteiger partial charge in [0.05, 0.1) is 5.70 Å². The van der Waals surface area contributed by atoms with Gasteiger partial charge in [-0.25, -0.2) is 4.39 Å². The SMILES string of the molecule is C=C(N)c1nn(C)cc1-c1ccc(C)c(F)c1. The molecule has 88 valence electrons. The van der Waals surface area contributed by atoms with Gasteiger partial charge in [-0.05, 0) is 24.1 Å².